The summed E-state index contributed by atoms with van der Waals surface area (Å²) in [5.74, 6) is 0.686. The molecule has 1 aromatic carbocycles. The molecule has 0 spiro atoms. The average molecular weight is 290 g/mol. The monoisotopic (exact) mass is 290 g/mol. The van der Waals surface area contributed by atoms with Crippen LogP contribution in [0.25, 0.3) is 16.9 Å². The summed E-state index contributed by atoms with van der Waals surface area (Å²) in [6.45, 7) is 2.07. The van der Waals surface area contributed by atoms with E-state index >= 15 is 0 Å². The van der Waals surface area contributed by atoms with Gasteiger partial charge in [-0.25, -0.2) is 4.98 Å². The summed E-state index contributed by atoms with van der Waals surface area (Å²) in [6, 6.07) is 12.3. The number of imidazole rings is 1. The summed E-state index contributed by atoms with van der Waals surface area (Å²) < 4.78 is 2.09. The van der Waals surface area contributed by atoms with E-state index in [0.29, 0.717) is 5.82 Å². The first kappa shape index (κ1) is 12.6. The summed E-state index contributed by atoms with van der Waals surface area (Å²) in [5, 5.41) is 13.6. The second kappa shape index (κ2) is 5.00. The maximum absolute atomic E-state index is 4.48. The number of hydrogen-bond acceptors (Lipinski definition) is 4. The Morgan fingerprint density at radius 1 is 1.14 bits per heavy atom. The number of benzene rings is 1. The van der Waals surface area contributed by atoms with Crippen LogP contribution in [0, 0.1) is 6.92 Å². The minimum Gasteiger partial charge on any atom is -0.337 e. The van der Waals surface area contributed by atoms with Crippen LogP contribution in [0.2, 0.25) is 0 Å². The predicted octanol–water partition coefficient (Wildman–Crippen LogP) is 3.17. The molecule has 0 aliphatic rings. The summed E-state index contributed by atoms with van der Waals surface area (Å²) >= 11 is 0. The lowest BCUT2D eigenvalue weighted by Gasteiger charge is -2.06. The molecule has 0 amide bonds. The van der Waals surface area contributed by atoms with E-state index in [9.17, 15) is 0 Å². The number of aryl methyl sites for hydroxylation is 1. The molecule has 4 aromatic rings. The number of fused-ring (bicyclic) bond motifs is 1. The molecule has 22 heavy (non-hydrogen) atoms. The Balaban J connectivity index is 1.75. The zero-order valence-electron chi connectivity index (χ0n) is 12.0. The van der Waals surface area contributed by atoms with E-state index in [4.69, 9.17) is 0 Å². The first-order valence-electron chi connectivity index (χ1n) is 6.96. The highest BCUT2D eigenvalue weighted by Gasteiger charge is 2.07. The molecule has 0 aliphatic heterocycles. The zero-order valence-corrected chi connectivity index (χ0v) is 12.0. The Labute approximate surface area is 126 Å². The Bertz CT molecular complexity index is 923. The van der Waals surface area contributed by atoms with Crippen LogP contribution >= 0.6 is 0 Å². The number of pyridine rings is 1. The standard InChI is InChI=1S/C16H14N6/c1-11-5-6-22-14(9-17-16(22)7-11)12-3-2-4-13(8-12)19-15-10-18-21-20-15/h2-10H,1H3,(H2,18,19,20,21). The molecule has 0 saturated heterocycles. The van der Waals surface area contributed by atoms with E-state index in [1.807, 2.05) is 24.5 Å². The van der Waals surface area contributed by atoms with Gasteiger partial charge in [0.05, 0.1) is 18.1 Å². The molecule has 3 aromatic heterocycles. The number of hydrogen-bond donors (Lipinski definition) is 2. The van der Waals surface area contributed by atoms with Crippen molar-refractivity contribution in [3.8, 4) is 11.3 Å². The van der Waals surface area contributed by atoms with E-state index in [-0.39, 0.29) is 0 Å². The van der Waals surface area contributed by atoms with E-state index in [1.165, 1.54) is 5.56 Å². The van der Waals surface area contributed by atoms with Gasteiger partial charge >= 0.3 is 0 Å². The van der Waals surface area contributed by atoms with Gasteiger partial charge in [0, 0.05) is 17.4 Å². The molecule has 2 N–H and O–H groups in total. The average Bonchev–Trinajstić information content (AvgIpc) is 3.16. The molecule has 0 aliphatic carbocycles. The maximum atomic E-state index is 4.48. The van der Waals surface area contributed by atoms with Crippen molar-refractivity contribution in [3.63, 3.8) is 0 Å². The third-order valence-electron chi connectivity index (χ3n) is 3.51. The van der Waals surface area contributed by atoms with Gasteiger partial charge < -0.3 is 5.32 Å². The highest BCUT2D eigenvalue weighted by Crippen LogP contribution is 2.25. The van der Waals surface area contributed by atoms with Gasteiger partial charge in [0.25, 0.3) is 0 Å². The van der Waals surface area contributed by atoms with Gasteiger partial charge in [-0.05, 0) is 36.8 Å². The summed E-state index contributed by atoms with van der Waals surface area (Å²) in [4.78, 5) is 4.48. The van der Waals surface area contributed by atoms with E-state index in [2.05, 4.69) is 61.3 Å². The molecule has 0 atom stereocenters. The molecule has 0 bridgehead atoms. The Hall–Kier alpha value is -3.15. The number of nitrogens with one attached hydrogen (secondary N) is 2. The molecular formula is C16H14N6. The zero-order chi connectivity index (χ0) is 14.9. The molecule has 6 heteroatoms. The molecular weight excluding hydrogens is 276 g/mol. The molecule has 0 fully saturated rings. The van der Waals surface area contributed by atoms with Crippen LogP contribution in [-0.2, 0) is 0 Å². The van der Waals surface area contributed by atoms with E-state index in [1.54, 1.807) is 6.20 Å². The van der Waals surface area contributed by atoms with Crippen LogP contribution < -0.4 is 5.32 Å². The van der Waals surface area contributed by atoms with Crippen molar-refractivity contribution in [1.29, 1.82) is 0 Å². The molecule has 4 rings (SSSR count). The second-order valence-corrected chi connectivity index (χ2v) is 5.14. The largest absolute Gasteiger partial charge is 0.337 e. The third kappa shape index (κ3) is 2.20. The Morgan fingerprint density at radius 2 is 2.09 bits per heavy atom. The van der Waals surface area contributed by atoms with Gasteiger partial charge in [0.15, 0.2) is 5.82 Å². The molecule has 108 valence electrons. The number of aromatic amines is 1. The minimum absolute atomic E-state index is 0.686. The lowest BCUT2D eigenvalue weighted by Crippen LogP contribution is -1.92. The summed E-state index contributed by atoms with van der Waals surface area (Å²) in [7, 11) is 0. The Morgan fingerprint density at radius 3 is 2.95 bits per heavy atom. The van der Waals surface area contributed by atoms with Crippen molar-refractivity contribution >= 4 is 17.2 Å². The lowest BCUT2D eigenvalue weighted by molar-refractivity contribution is 0.942. The van der Waals surface area contributed by atoms with Crippen LogP contribution in [0.4, 0.5) is 11.5 Å². The summed E-state index contributed by atoms with van der Waals surface area (Å²) in [6.07, 6.45) is 5.58. The number of rotatable bonds is 3. The normalized spacial score (nSPS) is 11.0. The lowest BCUT2D eigenvalue weighted by atomic mass is 10.1. The van der Waals surface area contributed by atoms with Gasteiger partial charge in [-0.2, -0.15) is 10.3 Å². The van der Waals surface area contributed by atoms with Crippen LogP contribution in [0.1, 0.15) is 5.56 Å². The van der Waals surface area contributed by atoms with Crippen molar-refractivity contribution in [2.45, 2.75) is 6.92 Å². The quantitative estimate of drug-likeness (QED) is 0.608. The van der Waals surface area contributed by atoms with Crippen LogP contribution in [0.3, 0.4) is 0 Å². The molecule has 0 unspecified atom stereocenters. The van der Waals surface area contributed by atoms with Gasteiger partial charge in [0.1, 0.15) is 5.65 Å². The first-order chi connectivity index (χ1) is 10.8. The number of nitrogens with zero attached hydrogens (tertiary/aromatic N) is 4. The number of H-pyrrole nitrogens is 1. The maximum Gasteiger partial charge on any atom is 0.172 e. The van der Waals surface area contributed by atoms with Gasteiger partial charge in [-0.15, -0.1) is 5.10 Å². The number of aromatic nitrogens is 5. The fraction of sp³-hybridized carbons (Fsp3) is 0.0625. The van der Waals surface area contributed by atoms with E-state index in [0.717, 1.165) is 22.6 Å². The third-order valence-corrected chi connectivity index (χ3v) is 3.51. The molecule has 3 heterocycles. The minimum atomic E-state index is 0.686. The fourth-order valence-corrected chi connectivity index (χ4v) is 2.46. The van der Waals surface area contributed by atoms with Gasteiger partial charge in [-0.1, -0.05) is 12.1 Å². The van der Waals surface area contributed by atoms with Crippen LogP contribution in [-0.4, -0.2) is 24.8 Å². The molecule has 0 saturated carbocycles. The fourth-order valence-electron chi connectivity index (χ4n) is 2.46. The van der Waals surface area contributed by atoms with Crippen molar-refractivity contribution in [1.82, 2.24) is 24.8 Å². The second-order valence-electron chi connectivity index (χ2n) is 5.14. The topological polar surface area (TPSA) is 70.9 Å². The van der Waals surface area contributed by atoms with Crippen molar-refractivity contribution < 1.29 is 0 Å². The predicted molar refractivity (Wildman–Crippen MR) is 85.0 cm³/mol. The Kier molecular flexibility index (Phi) is 2.86. The summed E-state index contributed by atoms with van der Waals surface area (Å²) in [5.41, 5.74) is 5.24. The van der Waals surface area contributed by atoms with Crippen LogP contribution in [0.5, 0.6) is 0 Å². The first-order valence-corrected chi connectivity index (χ1v) is 6.96. The van der Waals surface area contributed by atoms with Crippen molar-refractivity contribution in [2.24, 2.45) is 0 Å². The van der Waals surface area contributed by atoms with Gasteiger partial charge in [-0.3, -0.25) is 4.40 Å². The number of anilines is 2. The molecule has 6 nitrogen and oxygen atoms in total. The van der Waals surface area contributed by atoms with Crippen molar-refractivity contribution in [2.75, 3.05) is 5.32 Å². The van der Waals surface area contributed by atoms with Crippen molar-refractivity contribution in [3.05, 3.63) is 60.6 Å². The highest BCUT2D eigenvalue weighted by molar-refractivity contribution is 5.69. The highest BCUT2D eigenvalue weighted by atomic mass is 15.3. The van der Waals surface area contributed by atoms with Gasteiger partial charge in [0.2, 0.25) is 0 Å². The van der Waals surface area contributed by atoms with Crippen LogP contribution in [0.15, 0.2) is 55.0 Å². The smallest absolute Gasteiger partial charge is 0.172 e. The van der Waals surface area contributed by atoms with E-state index < -0.39 is 0 Å². The molecule has 0 radical (unpaired) electrons. The SMILES string of the molecule is Cc1ccn2c(-c3cccc(Nc4cn[nH]n4)c3)cnc2c1.